The maximum absolute atomic E-state index is 9.22. The zero-order chi connectivity index (χ0) is 7.72. The van der Waals surface area contributed by atoms with Crippen LogP contribution in [0.1, 0.15) is 11.1 Å². The Balaban J connectivity index is 3.28. The maximum Gasteiger partial charge on any atom is 0.118 e. The van der Waals surface area contributed by atoms with Crippen LogP contribution in [0, 0.1) is 17.4 Å². The van der Waals surface area contributed by atoms with E-state index in [1.165, 1.54) is 3.57 Å². The molecule has 0 spiro atoms. The molecule has 10 heavy (non-hydrogen) atoms. The highest BCUT2D eigenvalue weighted by atomic mass is 127. The molecule has 0 atom stereocenters. The van der Waals surface area contributed by atoms with Gasteiger partial charge in [0, 0.05) is 3.57 Å². The molecule has 54 valence electrons. The predicted molar refractivity (Wildman–Crippen MR) is 50.3 cm³/mol. The Morgan fingerprint density at radius 2 is 1.80 bits per heavy atom. The molecular formula is C8H9IO. The van der Waals surface area contributed by atoms with Crippen molar-refractivity contribution in [1.82, 2.24) is 0 Å². The van der Waals surface area contributed by atoms with Crippen molar-refractivity contribution in [2.45, 2.75) is 13.8 Å². The van der Waals surface area contributed by atoms with Gasteiger partial charge in [-0.1, -0.05) is 0 Å². The first-order valence-corrected chi connectivity index (χ1v) is 4.15. The highest BCUT2D eigenvalue weighted by Crippen LogP contribution is 2.21. The van der Waals surface area contributed by atoms with E-state index in [9.17, 15) is 5.11 Å². The molecule has 0 bridgehead atoms. The summed E-state index contributed by atoms with van der Waals surface area (Å²) in [6, 6.07) is 3.77. The van der Waals surface area contributed by atoms with Crippen LogP contribution in [0.2, 0.25) is 0 Å². The summed E-state index contributed by atoms with van der Waals surface area (Å²) in [6.45, 7) is 3.89. The monoisotopic (exact) mass is 248 g/mol. The van der Waals surface area contributed by atoms with Crippen LogP contribution in [0.25, 0.3) is 0 Å². The van der Waals surface area contributed by atoms with Crippen molar-refractivity contribution in [2.75, 3.05) is 0 Å². The first kappa shape index (κ1) is 7.85. The fourth-order valence-electron chi connectivity index (χ4n) is 0.766. The minimum absolute atomic E-state index is 0.387. The number of phenols is 1. The molecule has 2 heteroatoms. The van der Waals surface area contributed by atoms with Crippen LogP contribution < -0.4 is 0 Å². The molecule has 1 aromatic rings. The number of rotatable bonds is 0. The van der Waals surface area contributed by atoms with Crippen LogP contribution >= 0.6 is 22.6 Å². The van der Waals surface area contributed by atoms with Crippen molar-refractivity contribution in [3.8, 4) is 5.75 Å². The SMILES string of the molecule is Cc1cc(I)c(C)cc1O. The van der Waals surface area contributed by atoms with E-state index in [1.54, 1.807) is 6.07 Å². The van der Waals surface area contributed by atoms with Crippen LogP contribution in [0.3, 0.4) is 0 Å². The van der Waals surface area contributed by atoms with Gasteiger partial charge in [-0.2, -0.15) is 0 Å². The maximum atomic E-state index is 9.22. The second-order valence-corrected chi connectivity index (χ2v) is 3.55. The normalized spacial score (nSPS) is 9.90. The van der Waals surface area contributed by atoms with Gasteiger partial charge in [0.1, 0.15) is 5.75 Å². The summed E-state index contributed by atoms with van der Waals surface area (Å²) < 4.78 is 1.20. The quantitative estimate of drug-likeness (QED) is 0.699. The molecule has 0 aliphatic heterocycles. The number of hydrogen-bond acceptors (Lipinski definition) is 1. The summed E-state index contributed by atoms with van der Waals surface area (Å²) in [5.41, 5.74) is 2.07. The number of phenolic OH excluding ortho intramolecular Hbond substituents is 1. The van der Waals surface area contributed by atoms with Crippen molar-refractivity contribution < 1.29 is 5.11 Å². The van der Waals surface area contributed by atoms with Gasteiger partial charge in [0.15, 0.2) is 0 Å². The Hall–Kier alpha value is -0.250. The predicted octanol–water partition coefficient (Wildman–Crippen LogP) is 2.61. The second kappa shape index (κ2) is 2.78. The Bertz CT molecular complexity index is 205. The summed E-state index contributed by atoms with van der Waals surface area (Å²) in [5, 5.41) is 9.22. The fourth-order valence-corrected chi connectivity index (χ4v) is 1.39. The molecule has 0 saturated carbocycles. The standard InChI is InChI=1S/C8H9IO/c1-5-4-8(10)6(2)3-7(5)9/h3-4,10H,1-2H3. The minimum Gasteiger partial charge on any atom is -0.508 e. The van der Waals surface area contributed by atoms with Gasteiger partial charge in [0.05, 0.1) is 0 Å². The van der Waals surface area contributed by atoms with Gasteiger partial charge in [-0.25, -0.2) is 0 Å². The number of halogens is 1. The van der Waals surface area contributed by atoms with E-state index >= 15 is 0 Å². The van der Waals surface area contributed by atoms with E-state index in [1.807, 2.05) is 19.9 Å². The Morgan fingerprint density at radius 1 is 1.20 bits per heavy atom. The van der Waals surface area contributed by atoms with Gasteiger partial charge in [0.2, 0.25) is 0 Å². The van der Waals surface area contributed by atoms with Crippen LogP contribution in [0.4, 0.5) is 0 Å². The van der Waals surface area contributed by atoms with Crippen LogP contribution in [0.5, 0.6) is 5.75 Å². The zero-order valence-corrected chi connectivity index (χ0v) is 8.14. The summed E-state index contributed by atoms with van der Waals surface area (Å²) in [7, 11) is 0. The molecular weight excluding hydrogens is 239 g/mol. The lowest BCUT2D eigenvalue weighted by Crippen LogP contribution is -1.82. The van der Waals surface area contributed by atoms with Gasteiger partial charge in [-0.05, 0) is 59.7 Å². The van der Waals surface area contributed by atoms with Gasteiger partial charge in [0.25, 0.3) is 0 Å². The van der Waals surface area contributed by atoms with Crippen molar-refractivity contribution in [3.63, 3.8) is 0 Å². The van der Waals surface area contributed by atoms with Gasteiger partial charge in [-0.15, -0.1) is 0 Å². The van der Waals surface area contributed by atoms with Crippen LogP contribution in [-0.4, -0.2) is 5.11 Å². The third-order valence-electron chi connectivity index (χ3n) is 1.48. The van der Waals surface area contributed by atoms with Crippen molar-refractivity contribution in [1.29, 1.82) is 0 Å². The molecule has 0 aliphatic rings. The number of hydrogen-bond donors (Lipinski definition) is 1. The van der Waals surface area contributed by atoms with Crippen molar-refractivity contribution >= 4 is 22.6 Å². The molecule has 1 aromatic carbocycles. The molecule has 1 rings (SSSR count). The third-order valence-corrected chi connectivity index (χ3v) is 2.64. The van der Waals surface area contributed by atoms with Gasteiger partial charge < -0.3 is 5.11 Å². The largest absolute Gasteiger partial charge is 0.508 e. The van der Waals surface area contributed by atoms with Crippen LogP contribution in [-0.2, 0) is 0 Å². The summed E-state index contributed by atoms with van der Waals surface area (Å²) in [6.07, 6.45) is 0. The Labute approximate surface area is 74.2 Å². The lowest BCUT2D eigenvalue weighted by molar-refractivity contribution is 0.470. The third kappa shape index (κ3) is 1.42. The lowest BCUT2D eigenvalue weighted by atomic mass is 10.1. The van der Waals surface area contributed by atoms with E-state index in [0.29, 0.717) is 5.75 Å². The van der Waals surface area contributed by atoms with E-state index < -0.39 is 0 Å². The molecule has 0 saturated heterocycles. The average molecular weight is 248 g/mol. The first-order valence-electron chi connectivity index (χ1n) is 3.07. The van der Waals surface area contributed by atoms with Crippen LogP contribution in [0.15, 0.2) is 12.1 Å². The smallest absolute Gasteiger partial charge is 0.118 e. The molecule has 1 N–H and O–H groups in total. The number of aromatic hydroxyl groups is 1. The molecule has 0 heterocycles. The highest BCUT2D eigenvalue weighted by Gasteiger charge is 1.98. The Morgan fingerprint density at radius 3 is 2.30 bits per heavy atom. The van der Waals surface area contributed by atoms with E-state index in [2.05, 4.69) is 22.6 Å². The van der Waals surface area contributed by atoms with Crippen molar-refractivity contribution in [2.24, 2.45) is 0 Å². The van der Waals surface area contributed by atoms with E-state index in [-0.39, 0.29) is 0 Å². The second-order valence-electron chi connectivity index (χ2n) is 2.39. The first-order chi connectivity index (χ1) is 4.61. The minimum atomic E-state index is 0.387. The number of benzene rings is 1. The average Bonchev–Trinajstić information content (AvgIpc) is 1.84. The lowest BCUT2D eigenvalue weighted by Gasteiger charge is -2.01. The molecule has 0 unspecified atom stereocenters. The Kier molecular flexibility index (Phi) is 2.18. The molecule has 1 nitrogen and oxygen atoms in total. The zero-order valence-electron chi connectivity index (χ0n) is 5.98. The summed E-state index contributed by atoms with van der Waals surface area (Å²) in [4.78, 5) is 0. The topological polar surface area (TPSA) is 20.2 Å². The molecule has 0 aromatic heterocycles. The summed E-state index contributed by atoms with van der Waals surface area (Å²) in [5.74, 6) is 0.387. The fraction of sp³-hybridized carbons (Fsp3) is 0.250. The van der Waals surface area contributed by atoms with Crippen molar-refractivity contribution in [3.05, 3.63) is 26.8 Å². The van der Waals surface area contributed by atoms with E-state index in [4.69, 9.17) is 0 Å². The molecule has 0 aliphatic carbocycles. The number of aryl methyl sites for hydroxylation is 2. The van der Waals surface area contributed by atoms with Gasteiger partial charge in [-0.3, -0.25) is 0 Å². The van der Waals surface area contributed by atoms with Gasteiger partial charge >= 0.3 is 0 Å². The van der Waals surface area contributed by atoms with E-state index in [0.717, 1.165) is 11.1 Å². The highest BCUT2D eigenvalue weighted by molar-refractivity contribution is 14.1. The molecule has 0 amide bonds. The molecule has 0 fully saturated rings. The molecule has 0 radical (unpaired) electrons. The summed E-state index contributed by atoms with van der Waals surface area (Å²) >= 11 is 2.26.